The summed E-state index contributed by atoms with van der Waals surface area (Å²) in [6.07, 6.45) is 0. The number of fused-ring (bicyclic) bond motifs is 2. The first-order valence-corrected chi connectivity index (χ1v) is 11.3. The number of aromatic hydroxyl groups is 2. The lowest BCUT2D eigenvalue weighted by Crippen LogP contribution is -1.84. The molecule has 3 aromatic carbocycles. The van der Waals surface area contributed by atoms with Crippen LogP contribution in [0.2, 0.25) is 0 Å². The van der Waals surface area contributed by atoms with Crippen LogP contribution in [0.3, 0.4) is 0 Å². The van der Waals surface area contributed by atoms with E-state index in [1.54, 1.807) is 12.1 Å². The van der Waals surface area contributed by atoms with Crippen LogP contribution in [0, 0.1) is 27.7 Å². The number of nitrogens with zero attached hydrogens (tertiary/aromatic N) is 2. The van der Waals surface area contributed by atoms with Gasteiger partial charge in [-0.1, -0.05) is 0 Å². The van der Waals surface area contributed by atoms with Crippen LogP contribution in [0.5, 0.6) is 11.5 Å². The number of hydrogen-bond acceptors (Lipinski definition) is 6. The van der Waals surface area contributed by atoms with Gasteiger partial charge in [-0.3, -0.25) is 0 Å². The van der Waals surface area contributed by atoms with E-state index in [9.17, 15) is 10.2 Å². The molecule has 150 valence electrons. The molecule has 5 aromatic rings. The molecule has 0 saturated heterocycles. The minimum absolute atomic E-state index is 0.0851. The van der Waals surface area contributed by atoms with Crippen LogP contribution in [0.25, 0.3) is 41.6 Å². The highest BCUT2D eigenvalue weighted by Gasteiger charge is 2.18. The van der Waals surface area contributed by atoms with E-state index in [0.29, 0.717) is 21.1 Å². The van der Waals surface area contributed by atoms with Crippen LogP contribution in [0.4, 0.5) is 0 Å². The Hall–Kier alpha value is -2.96. The van der Waals surface area contributed by atoms with Crippen molar-refractivity contribution in [2.45, 2.75) is 27.7 Å². The Morgan fingerprint density at radius 3 is 1.33 bits per heavy atom. The predicted octanol–water partition coefficient (Wildman–Crippen LogP) is 6.88. The van der Waals surface area contributed by atoms with Gasteiger partial charge in [-0.05, 0) is 86.3 Å². The van der Waals surface area contributed by atoms with Crippen molar-refractivity contribution in [3.8, 4) is 32.6 Å². The Morgan fingerprint density at radius 1 is 0.567 bits per heavy atom. The zero-order valence-corrected chi connectivity index (χ0v) is 18.7. The zero-order valence-electron chi connectivity index (χ0n) is 17.1. The maximum Gasteiger partial charge on any atom is 0.128 e. The van der Waals surface area contributed by atoms with Crippen molar-refractivity contribution in [3.63, 3.8) is 0 Å². The van der Waals surface area contributed by atoms with E-state index in [1.807, 2.05) is 0 Å². The molecule has 5 rings (SSSR count). The molecule has 0 bridgehead atoms. The molecule has 6 heteroatoms. The number of phenolic OH excluding ortho intramolecular Hbond substituents is 2. The van der Waals surface area contributed by atoms with Crippen molar-refractivity contribution in [2.75, 3.05) is 0 Å². The smallest absolute Gasteiger partial charge is 0.128 e. The number of hydrogen-bond donors (Lipinski definition) is 2. The molecule has 0 saturated carbocycles. The van der Waals surface area contributed by atoms with Gasteiger partial charge in [0.05, 0.1) is 31.6 Å². The van der Waals surface area contributed by atoms with Gasteiger partial charge >= 0.3 is 0 Å². The van der Waals surface area contributed by atoms with Crippen molar-refractivity contribution in [1.82, 2.24) is 9.97 Å². The predicted molar refractivity (Wildman–Crippen MR) is 126 cm³/mol. The van der Waals surface area contributed by atoms with Gasteiger partial charge in [0, 0.05) is 0 Å². The summed E-state index contributed by atoms with van der Waals surface area (Å²) in [7, 11) is 0. The third kappa shape index (κ3) is 3.04. The number of rotatable bonds is 2. The van der Waals surface area contributed by atoms with Crippen LogP contribution in [0.15, 0.2) is 36.4 Å². The molecule has 2 N–H and O–H groups in total. The minimum atomic E-state index is 0.0851. The van der Waals surface area contributed by atoms with Gasteiger partial charge < -0.3 is 10.2 Å². The van der Waals surface area contributed by atoms with Crippen LogP contribution in [-0.2, 0) is 0 Å². The second-order valence-electron chi connectivity index (χ2n) is 7.73. The summed E-state index contributed by atoms with van der Waals surface area (Å²) >= 11 is 3.02. The van der Waals surface area contributed by atoms with Crippen molar-refractivity contribution in [1.29, 1.82) is 0 Å². The van der Waals surface area contributed by atoms with Gasteiger partial charge in [0.25, 0.3) is 0 Å². The summed E-state index contributed by atoms with van der Waals surface area (Å²) in [6.45, 7) is 8.28. The molecular formula is C24H20N2O2S2. The second kappa shape index (κ2) is 6.79. The largest absolute Gasteiger partial charge is 0.507 e. The van der Waals surface area contributed by atoms with E-state index in [0.717, 1.165) is 20.4 Å². The molecule has 0 fully saturated rings. The first-order valence-electron chi connectivity index (χ1n) is 9.62. The molecule has 0 radical (unpaired) electrons. The van der Waals surface area contributed by atoms with Gasteiger partial charge in [0.15, 0.2) is 0 Å². The molecule has 0 aliphatic rings. The van der Waals surface area contributed by atoms with Gasteiger partial charge in [-0.15, -0.1) is 22.7 Å². The standard InChI is InChI=1S/C24H20N2O2S2/c1-11-5-17-21(7-13(11)3)29-23(25-17)15-9-20(28)16(10-19(15)27)24-26-18-6-12(2)14(4)8-22(18)30-24/h5-10,27-28H,1-4H3. The van der Waals surface area contributed by atoms with Crippen molar-refractivity contribution in [2.24, 2.45) is 0 Å². The normalized spacial score (nSPS) is 11.6. The average molecular weight is 433 g/mol. The molecule has 2 heterocycles. The van der Waals surface area contributed by atoms with E-state index in [1.165, 1.54) is 44.9 Å². The summed E-state index contributed by atoms with van der Waals surface area (Å²) in [4.78, 5) is 9.36. The highest BCUT2D eigenvalue weighted by atomic mass is 32.1. The maximum absolute atomic E-state index is 10.8. The zero-order chi connectivity index (χ0) is 21.2. The lowest BCUT2D eigenvalue weighted by molar-refractivity contribution is 0.463. The molecule has 0 aliphatic carbocycles. The molecule has 0 aliphatic heterocycles. The minimum Gasteiger partial charge on any atom is -0.507 e. The van der Waals surface area contributed by atoms with Crippen molar-refractivity contribution >= 4 is 43.1 Å². The molecule has 0 atom stereocenters. The molecule has 0 unspecified atom stereocenters. The number of phenols is 2. The second-order valence-corrected chi connectivity index (χ2v) is 9.79. The third-order valence-corrected chi connectivity index (χ3v) is 7.69. The first-order chi connectivity index (χ1) is 14.3. The van der Waals surface area contributed by atoms with Gasteiger partial charge in [0.1, 0.15) is 21.5 Å². The van der Waals surface area contributed by atoms with Crippen molar-refractivity contribution < 1.29 is 10.2 Å². The average Bonchev–Trinajstić information content (AvgIpc) is 3.27. The van der Waals surface area contributed by atoms with E-state index in [-0.39, 0.29) is 11.5 Å². The highest BCUT2D eigenvalue weighted by molar-refractivity contribution is 7.22. The molecule has 0 amide bonds. The number of benzene rings is 3. The Morgan fingerprint density at radius 2 is 0.933 bits per heavy atom. The summed E-state index contributed by atoms with van der Waals surface area (Å²) in [5.74, 6) is 0.170. The SMILES string of the molecule is Cc1cc2nc(-c3cc(O)c(-c4nc5cc(C)c(C)cc5s4)cc3O)sc2cc1C. The maximum atomic E-state index is 10.8. The quantitative estimate of drug-likeness (QED) is 0.298. The van der Waals surface area contributed by atoms with Crippen LogP contribution in [0.1, 0.15) is 22.3 Å². The Balaban J connectivity index is 1.62. The van der Waals surface area contributed by atoms with Gasteiger partial charge in [-0.2, -0.15) is 0 Å². The highest BCUT2D eigenvalue weighted by Crippen LogP contribution is 2.44. The van der Waals surface area contributed by atoms with Crippen LogP contribution < -0.4 is 0 Å². The Bertz CT molecular complexity index is 1270. The van der Waals surface area contributed by atoms with Crippen LogP contribution >= 0.6 is 22.7 Å². The van der Waals surface area contributed by atoms with E-state index in [4.69, 9.17) is 0 Å². The van der Waals surface area contributed by atoms with Gasteiger partial charge in [0.2, 0.25) is 0 Å². The Labute approximate surface area is 182 Å². The van der Waals surface area contributed by atoms with Gasteiger partial charge in [-0.25, -0.2) is 9.97 Å². The lowest BCUT2D eigenvalue weighted by Gasteiger charge is -2.06. The number of aryl methyl sites for hydroxylation is 4. The van der Waals surface area contributed by atoms with E-state index >= 15 is 0 Å². The topological polar surface area (TPSA) is 66.2 Å². The number of thiazole rings is 2. The summed E-state index contributed by atoms with van der Waals surface area (Å²) in [6, 6.07) is 11.5. The van der Waals surface area contributed by atoms with Crippen molar-refractivity contribution in [3.05, 3.63) is 58.7 Å². The van der Waals surface area contributed by atoms with Crippen LogP contribution in [-0.4, -0.2) is 20.2 Å². The molecule has 2 aromatic heterocycles. The summed E-state index contributed by atoms with van der Waals surface area (Å²) in [5.41, 5.74) is 7.64. The molecule has 30 heavy (non-hydrogen) atoms. The third-order valence-electron chi connectivity index (χ3n) is 5.58. The first kappa shape index (κ1) is 19.0. The fraction of sp³-hybridized carbons (Fsp3) is 0.167. The molecule has 4 nitrogen and oxygen atoms in total. The Kier molecular flexibility index (Phi) is 4.31. The fourth-order valence-corrected chi connectivity index (χ4v) is 5.65. The summed E-state index contributed by atoms with van der Waals surface area (Å²) in [5, 5.41) is 22.9. The fourth-order valence-electron chi connectivity index (χ4n) is 3.51. The monoisotopic (exact) mass is 432 g/mol. The molecule has 0 spiro atoms. The van der Waals surface area contributed by atoms with E-state index < -0.39 is 0 Å². The number of aromatic nitrogens is 2. The molecular weight excluding hydrogens is 412 g/mol. The van der Waals surface area contributed by atoms with E-state index in [2.05, 4.69) is 61.9 Å². The summed E-state index contributed by atoms with van der Waals surface area (Å²) < 4.78 is 2.13. The lowest BCUT2D eigenvalue weighted by atomic mass is 10.1.